The van der Waals surface area contributed by atoms with Gasteiger partial charge in [-0.3, -0.25) is 14.4 Å². The van der Waals surface area contributed by atoms with Crippen LogP contribution >= 0.6 is 0 Å². The molecule has 0 saturated heterocycles. The number of hydrogen-bond donors (Lipinski definition) is 3. The molecule has 1 aliphatic rings. The zero-order valence-electron chi connectivity index (χ0n) is 23.2. The molecule has 8 heteroatoms. The van der Waals surface area contributed by atoms with E-state index in [0.717, 1.165) is 30.4 Å². The molecular formula is C30H42N4O4. The fourth-order valence-corrected chi connectivity index (χ4v) is 4.69. The van der Waals surface area contributed by atoms with Gasteiger partial charge in [0.15, 0.2) is 0 Å². The number of nitrogens with one attached hydrogen (secondary N) is 3. The molecule has 0 spiro atoms. The van der Waals surface area contributed by atoms with Crippen molar-refractivity contribution in [2.75, 3.05) is 20.7 Å². The van der Waals surface area contributed by atoms with Crippen molar-refractivity contribution in [1.29, 1.82) is 0 Å². The standard InChI is InChI=1S/C30H42N4O4/c1-20(2)27(33-28(35)21(3)31-4)30(37)34(5)26(19-38-18-22-12-7-6-8-13-22)29(36)32-25-17-11-15-23-14-9-10-16-24(23)25/h6-10,12-14,16,20-21,25-27,31H,11,15,17-19H2,1-5H3,(H,32,36)(H,33,35)/t21-,25?,26-,27-/m0/s1. The fraction of sp³-hybridized carbons (Fsp3) is 0.500. The Morgan fingerprint density at radius 3 is 2.37 bits per heavy atom. The van der Waals surface area contributed by atoms with E-state index < -0.39 is 18.1 Å². The monoisotopic (exact) mass is 522 g/mol. The average Bonchev–Trinajstić information content (AvgIpc) is 2.93. The molecule has 0 aliphatic heterocycles. The van der Waals surface area contributed by atoms with E-state index in [1.54, 1.807) is 21.0 Å². The van der Waals surface area contributed by atoms with Crippen LogP contribution in [0.4, 0.5) is 0 Å². The Balaban J connectivity index is 1.79. The van der Waals surface area contributed by atoms with E-state index in [1.807, 2.05) is 56.3 Å². The summed E-state index contributed by atoms with van der Waals surface area (Å²) < 4.78 is 5.96. The van der Waals surface area contributed by atoms with Crippen molar-refractivity contribution in [3.8, 4) is 0 Å². The van der Waals surface area contributed by atoms with Crippen LogP contribution in [0, 0.1) is 5.92 Å². The summed E-state index contributed by atoms with van der Waals surface area (Å²) in [7, 11) is 3.30. The Morgan fingerprint density at radius 1 is 1.00 bits per heavy atom. The van der Waals surface area contributed by atoms with Crippen molar-refractivity contribution in [2.45, 2.75) is 70.8 Å². The molecule has 3 amide bonds. The number of fused-ring (bicyclic) bond motifs is 1. The van der Waals surface area contributed by atoms with Crippen LogP contribution in [0.25, 0.3) is 0 Å². The number of rotatable bonds is 12. The maximum absolute atomic E-state index is 13.7. The summed E-state index contributed by atoms with van der Waals surface area (Å²) in [5.74, 6) is -1.04. The highest BCUT2D eigenvalue weighted by atomic mass is 16.5. The number of hydrogen-bond acceptors (Lipinski definition) is 5. The highest BCUT2D eigenvalue weighted by molar-refractivity contribution is 5.93. The first-order valence-corrected chi connectivity index (χ1v) is 13.5. The number of carbonyl (C=O) groups excluding carboxylic acids is 3. The minimum atomic E-state index is -0.861. The quantitative estimate of drug-likeness (QED) is 0.398. The normalized spacial score (nSPS) is 17.2. The molecule has 0 radical (unpaired) electrons. The fourth-order valence-electron chi connectivity index (χ4n) is 4.69. The molecule has 1 aliphatic carbocycles. The Labute approximate surface area is 226 Å². The number of aryl methyl sites for hydroxylation is 1. The molecule has 0 heterocycles. The SMILES string of the molecule is CN[C@@H](C)C(=O)N[C@H](C(=O)N(C)[C@@H](COCc1ccccc1)C(=O)NC1CCCc2ccccc21)C(C)C. The molecule has 3 N–H and O–H groups in total. The van der Waals surface area contributed by atoms with Gasteiger partial charge in [0.2, 0.25) is 17.7 Å². The predicted molar refractivity (Wildman–Crippen MR) is 148 cm³/mol. The first-order chi connectivity index (χ1) is 18.2. The van der Waals surface area contributed by atoms with Gasteiger partial charge in [-0.2, -0.15) is 0 Å². The van der Waals surface area contributed by atoms with Crippen LogP contribution in [0.1, 0.15) is 56.3 Å². The van der Waals surface area contributed by atoms with Gasteiger partial charge < -0.3 is 25.6 Å². The lowest BCUT2D eigenvalue weighted by Gasteiger charge is -2.34. The van der Waals surface area contributed by atoms with E-state index in [-0.39, 0.29) is 36.3 Å². The van der Waals surface area contributed by atoms with Gasteiger partial charge in [0.25, 0.3) is 0 Å². The minimum absolute atomic E-state index is 0.0308. The second-order valence-electron chi connectivity index (χ2n) is 10.4. The highest BCUT2D eigenvalue weighted by Gasteiger charge is 2.35. The summed E-state index contributed by atoms with van der Waals surface area (Å²) in [5.41, 5.74) is 3.35. The number of ether oxygens (including phenoxy) is 1. The number of amides is 3. The van der Waals surface area contributed by atoms with Crippen molar-refractivity contribution in [2.24, 2.45) is 5.92 Å². The summed E-state index contributed by atoms with van der Waals surface area (Å²) in [5, 5.41) is 8.93. The Morgan fingerprint density at radius 2 is 1.68 bits per heavy atom. The third kappa shape index (κ3) is 7.65. The largest absolute Gasteiger partial charge is 0.374 e. The van der Waals surface area contributed by atoms with Gasteiger partial charge in [0, 0.05) is 7.05 Å². The summed E-state index contributed by atoms with van der Waals surface area (Å²) in [6, 6.07) is 15.7. The summed E-state index contributed by atoms with van der Waals surface area (Å²) in [6.07, 6.45) is 2.81. The van der Waals surface area contributed by atoms with Crippen LogP contribution in [0.3, 0.4) is 0 Å². The molecule has 0 bridgehead atoms. The van der Waals surface area contributed by atoms with E-state index in [1.165, 1.54) is 10.5 Å². The van der Waals surface area contributed by atoms with Crippen LogP contribution in [0.5, 0.6) is 0 Å². The number of carbonyl (C=O) groups is 3. The van der Waals surface area contributed by atoms with Gasteiger partial charge in [-0.05, 0) is 55.8 Å². The molecule has 0 aromatic heterocycles. The molecule has 2 aromatic carbocycles. The molecule has 8 nitrogen and oxygen atoms in total. The van der Waals surface area contributed by atoms with Crippen LogP contribution in [0.2, 0.25) is 0 Å². The van der Waals surface area contributed by atoms with Gasteiger partial charge in [0.1, 0.15) is 12.1 Å². The van der Waals surface area contributed by atoms with Gasteiger partial charge in [-0.25, -0.2) is 0 Å². The lowest BCUT2D eigenvalue weighted by molar-refractivity contribution is -0.145. The first kappa shape index (κ1) is 29.3. The van der Waals surface area contributed by atoms with E-state index in [9.17, 15) is 14.4 Å². The molecule has 1 unspecified atom stereocenters. The summed E-state index contributed by atoms with van der Waals surface area (Å²) in [6.45, 7) is 5.84. The smallest absolute Gasteiger partial charge is 0.245 e. The minimum Gasteiger partial charge on any atom is -0.374 e. The van der Waals surface area contributed by atoms with E-state index in [2.05, 4.69) is 28.1 Å². The lowest BCUT2D eigenvalue weighted by Crippen LogP contribution is -2.58. The second-order valence-corrected chi connectivity index (χ2v) is 10.4. The summed E-state index contributed by atoms with van der Waals surface area (Å²) >= 11 is 0. The third-order valence-corrected chi connectivity index (χ3v) is 7.25. The van der Waals surface area contributed by atoms with Gasteiger partial charge >= 0.3 is 0 Å². The molecule has 0 fully saturated rings. The lowest BCUT2D eigenvalue weighted by atomic mass is 9.87. The van der Waals surface area contributed by atoms with Crippen molar-refractivity contribution in [3.05, 3.63) is 71.3 Å². The maximum Gasteiger partial charge on any atom is 0.245 e. The first-order valence-electron chi connectivity index (χ1n) is 13.5. The molecule has 206 valence electrons. The molecule has 0 saturated carbocycles. The molecular weight excluding hydrogens is 480 g/mol. The van der Waals surface area contributed by atoms with E-state index in [4.69, 9.17) is 4.74 Å². The van der Waals surface area contributed by atoms with Crippen LogP contribution in [-0.2, 0) is 32.1 Å². The highest BCUT2D eigenvalue weighted by Crippen LogP contribution is 2.29. The Hall–Kier alpha value is -3.23. The van der Waals surface area contributed by atoms with Crippen LogP contribution in [-0.4, -0.2) is 61.4 Å². The number of benzene rings is 2. The topological polar surface area (TPSA) is 99.8 Å². The van der Waals surface area contributed by atoms with Gasteiger partial charge in [-0.15, -0.1) is 0 Å². The zero-order valence-corrected chi connectivity index (χ0v) is 23.2. The zero-order chi connectivity index (χ0) is 27.7. The molecule has 3 rings (SSSR count). The van der Waals surface area contributed by atoms with Crippen molar-refractivity contribution < 1.29 is 19.1 Å². The van der Waals surface area contributed by atoms with Gasteiger partial charge in [-0.1, -0.05) is 68.4 Å². The molecule has 2 aromatic rings. The van der Waals surface area contributed by atoms with E-state index in [0.29, 0.717) is 6.61 Å². The average molecular weight is 523 g/mol. The predicted octanol–water partition coefficient (Wildman–Crippen LogP) is 2.97. The Kier molecular flexibility index (Phi) is 10.9. The van der Waals surface area contributed by atoms with Crippen molar-refractivity contribution in [3.63, 3.8) is 0 Å². The van der Waals surface area contributed by atoms with Gasteiger partial charge in [0.05, 0.1) is 25.3 Å². The van der Waals surface area contributed by atoms with Crippen molar-refractivity contribution in [1.82, 2.24) is 20.9 Å². The number of likely N-dealkylation sites (N-methyl/N-ethyl adjacent to an activating group) is 2. The molecule has 4 atom stereocenters. The molecule has 38 heavy (non-hydrogen) atoms. The van der Waals surface area contributed by atoms with Crippen LogP contribution < -0.4 is 16.0 Å². The van der Waals surface area contributed by atoms with Crippen LogP contribution in [0.15, 0.2) is 54.6 Å². The second kappa shape index (κ2) is 14.1. The number of nitrogens with zero attached hydrogens (tertiary/aromatic N) is 1. The maximum atomic E-state index is 13.7. The third-order valence-electron chi connectivity index (χ3n) is 7.25. The van der Waals surface area contributed by atoms with E-state index >= 15 is 0 Å². The van der Waals surface area contributed by atoms with Crippen molar-refractivity contribution >= 4 is 17.7 Å². The Bertz CT molecular complexity index is 1070. The summed E-state index contributed by atoms with van der Waals surface area (Å²) in [4.78, 5) is 41.4.